The van der Waals surface area contributed by atoms with Gasteiger partial charge in [0.1, 0.15) is 24.9 Å². The van der Waals surface area contributed by atoms with Crippen LogP contribution >= 0.6 is 11.6 Å². The maximum absolute atomic E-state index is 12.6. The lowest BCUT2D eigenvalue weighted by Crippen LogP contribution is -2.10. The van der Waals surface area contributed by atoms with Crippen molar-refractivity contribution in [2.24, 2.45) is 0 Å². The SMILES string of the molecule is COc1cc(C(=O)OCC(O)=C(C#N)c2nc3ccccc3[nH]2)ccc1OCc1ccc(Cl)cc1. The number of ether oxygens (including phenoxy) is 3. The van der Waals surface area contributed by atoms with Crippen LogP contribution in [0.25, 0.3) is 16.6 Å². The van der Waals surface area contributed by atoms with Gasteiger partial charge in [0.05, 0.1) is 23.7 Å². The molecule has 35 heavy (non-hydrogen) atoms. The zero-order chi connectivity index (χ0) is 24.8. The molecule has 2 N–H and O–H groups in total. The summed E-state index contributed by atoms with van der Waals surface area (Å²) in [5.74, 6) is -0.159. The van der Waals surface area contributed by atoms with E-state index in [0.29, 0.717) is 27.6 Å². The van der Waals surface area contributed by atoms with Crippen molar-refractivity contribution in [1.29, 1.82) is 5.26 Å². The molecular formula is C26H20ClN3O5. The number of hydrogen-bond donors (Lipinski definition) is 2. The van der Waals surface area contributed by atoms with E-state index in [9.17, 15) is 15.2 Å². The van der Waals surface area contributed by atoms with Gasteiger partial charge in [-0.05, 0) is 48.0 Å². The van der Waals surface area contributed by atoms with Gasteiger partial charge in [-0.1, -0.05) is 35.9 Å². The second-order valence-electron chi connectivity index (χ2n) is 7.39. The number of imidazole rings is 1. The van der Waals surface area contributed by atoms with Crippen LogP contribution in [0.1, 0.15) is 21.7 Å². The Hall–Kier alpha value is -4.48. The molecule has 0 spiro atoms. The number of benzene rings is 3. The summed E-state index contributed by atoms with van der Waals surface area (Å²) in [4.78, 5) is 19.8. The Labute approximate surface area is 206 Å². The molecule has 4 aromatic rings. The van der Waals surface area contributed by atoms with Gasteiger partial charge >= 0.3 is 5.97 Å². The first-order valence-electron chi connectivity index (χ1n) is 10.5. The third-order valence-electron chi connectivity index (χ3n) is 5.07. The summed E-state index contributed by atoms with van der Waals surface area (Å²) in [6, 6.07) is 20.9. The Balaban J connectivity index is 1.43. The second-order valence-corrected chi connectivity index (χ2v) is 7.83. The fourth-order valence-electron chi connectivity index (χ4n) is 3.27. The molecule has 8 nitrogen and oxygen atoms in total. The quantitative estimate of drug-likeness (QED) is 0.192. The summed E-state index contributed by atoms with van der Waals surface area (Å²) in [6.07, 6.45) is 0. The molecule has 3 aromatic carbocycles. The van der Waals surface area contributed by atoms with Crippen LogP contribution in [0.2, 0.25) is 5.02 Å². The highest BCUT2D eigenvalue weighted by Crippen LogP contribution is 2.29. The van der Waals surface area contributed by atoms with Gasteiger partial charge < -0.3 is 24.3 Å². The number of halogens is 1. The second kappa shape index (κ2) is 10.6. The van der Waals surface area contributed by atoms with Crippen LogP contribution in [0.5, 0.6) is 11.5 Å². The van der Waals surface area contributed by atoms with Crippen LogP contribution in [0, 0.1) is 11.3 Å². The summed E-state index contributed by atoms with van der Waals surface area (Å²) in [5, 5.41) is 20.5. The van der Waals surface area contributed by atoms with Crippen molar-refractivity contribution < 1.29 is 24.1 Å². The van der Waals surface area contributed by atoms with Crippen molar-refractivity contribution in [3.05, 3.63) is 94.5 Å². The molecule has 0 saturated heterocycles. The molecule has 9 heteroatoms. The standard InChI is InChI=1S/C26H20ClN3O5/c1-33-24-12-17(8-11-23(24)34-14-16-6-9-18(27)10-7-16)26(32)35-15-22(31)19(13-28)25-29-20-4-2-3-5-21(20)30-25/h2-12,31H,14-15H2,1H3,(H,29,30). The van der Waals surface area contributed by atoms with Crippen LogP contribution < -0.4 is 9.47 Å². The zero-order valence-corrected chi connectivity index (χ0v) is 19.4. The molecule has 0 fully saturated rings. The number of esters is 1. The molecule has 0 atom stereocenters. The van der Waals surface area contributed by atoms with E-state index in [-0.39, 0.29) is 23.6 Å². The van der Waals surface area contributed by atoms with E-state index in [2.05, 4.69) is 9.97 Å². The van der Waals surface area contributed by atoms with Crippen molar-refractivity contribution in [3.8, 4) is 17.6 Å². The topological polar surface area (TPSA) is 117 Å². The van der Waals surface area contributed by atoms with Crippen LogP contribution in [-0.4, -0.2) is 34.8 Å². The summed E-state index contributed by atoms with van der Waals surface area (Å²) >= 11 is 5.90. The van der Waals surface area contributed by atoms with Crippen molar-refractivity contribution >= 4 is 34.2 Å². The number of hydrogen-bond acceptors (Lipinski definition) is 7. The minimum atomic E-state index is -0.707. The number of aliphatic hydroxyl groups is 1. The first-order chi connectivity index (χ1) is 17.0. The number of aromatic amines is 1. The van der Waals surface area contributed by atoms with E-state index in [1.165, 1.54) is 19.2 Å². The van der Waals surface area contributed by atoms with E-state index in [0.717, 1.165) is 5.56 Å². The number of para-hydroxylation sites is 2. The number of methoxy groups -OCH3 is 1. The van der Waals surface area contributed by atoms with Gasteiger partial charge in [-0.3, -0.25) is 0 Å². The number of nitrogens with one attached hydrogen (secondary N) is 1. The summed E-state index contributed by atoms with van der Waals surface area (Å²) in [5.41, 5.74) is 2.35. The lowest BCUT2D eigenvalue weighted by Gasteiger charge is -2.12. The van der Waals surface area contributed by atoms with Crippen molar-refractivity contribution in [2.75, 3.05) is 13.7 Å². The molecule has 176 valence electrons. The Bertz CT molecular complexity index is 1400. The van der Waals surface area contributed by atoms with E-state index < -0.39 is 18.3 Å². The normalized spacial score (nSPS) is 11.5. The summed E-state index contributed by atoms with van der Waals surface area (Å²) < 4.78 is 16.3. The molecule has 4 rings (SSSR count). The highest BCUT2D eigenvalue weighted by molar-refractivity contribution is 6.30. The highest BCUT2D eigenvalue weighted by atomic mass is 35.5. The third kappa shape index (κ3) is 5.54. The Morgan fingerprint density at radius 3 is 2.60 bits per heavy atom. The lowest BCUT2D eigenvalue weighted by atomic mass is 10.2. The molecule has 0 saturated carbocycles. The predicted molar refractivity (Wildman–Crippen MR) is 130 cm³/mol. The number of carbonyl (C=O) groups excluding carboxylic acids is 1. The largest absolute Gasteiger partial charge is 0.507 e. The van der Waals surface area contributed by atoms with Crippen LogP contribution in [0.4, 0.5) is 0 Å². The third-order valence-corrected chi connectivity index (χ3v) is 5.33. The van der Waals surface area contributed by atoms with Crippen molar-refractivity contribution in [2.45, 2.75) is 6.61 Å². The fourth-order valence-corrected chi connectivity index (χ4v) is 3.40. The zero-order valence-electron chi connectivity index (χ0n) is 18.6. The lowest BCUT2D eigenvalue weighted by molar-refractivity contribution is 0.0502. The molecule has 0 bridgehead atoms. The molecule has 0 radical (unpaired) electrons. The van der Waals surface area contributed by atoms with E-state index in [1.807, 2.05) is 30.3 Å². The van der Waals surface area contributed by atoms with Crippen molar-refractivity contribution in [1.82, 2.24) is 9.97 Å². The number of allylic oxidation sites excluding steroid dienone is 1. The van der Waals surface area contributed by atoms with Gasteiger partial charge in [0.25, 0.3) is 0 Å². The number of nitrogens with zero attached hydrogens (tertiary/aromatic N) is 2. The van der Waals surface area contributed by atoms with Crippen LogP contribution in [0.3, 0.4) is 0 Å². The Kier molecular flexibility index (Phi) is 7.19. The number of carbonyl (C=O) groups is 1. The predicted octanol–water partition coefficient (Wildman–Crippen LogP) is 5.45. The van der Waals surface area contributed by atoms with E-state index in [1.54, 1.807) is 30.3 Å². The first kappa shape index (κ1) is 23.7. The maximum atomic E-state index is 12.6. The summed E-state index contributed by atoms with van der Waals surface area (Å²) in [7, 11) is 1.46. The molecule has 1 heterocycles. The molecule has 0 amide bonds. The fraction of sp³-hybridized carbons (Fsp3) is 0.115. The summed E-state index contributed by atoms with van der Waals surface area (Å²) in [6.45, 7) is -0.218. The minimum Gasteiger partial charge on any atom is -0.507 e. The molecule has 0 aliphatic carbocycles. The molecule has 0 aliphatic heterocycles. The smallest absolute Gasteiger partial charge is 0.338 e. The Morgan fingerprint density at radius 1 is 1.11 bits per heavy atom. The van der Waals surface area contributed by atoms with E-state index in [4.69, 9.17) is 25.8 Å². The molecule has 1 aromatic heterocycles. The van der Waals surface area contributed by atoms with Gasteiger partial charge in [-0.25, -0.2) is 9.78 Å². The number of aromatic nitrogens is 2. The van der Waals surface area contributed by atoms with E-state index >= 15 is 0 Å². The monoisotopic (exact) mass is 489 g/mol. The first-order valence-corrected chi connectivity index (χ1v) is 10.9. The van der Waals surface area contributed by atoms with Gasteiger partial charge in [0.2, 0.25) is 0 Å². The average Bonchev–Trinajstić information content (AvgIpc) is 3.31. The molecule has 0 unspecified atom stereocenters. The number of aliphatic hydroxyl groups excluding tert-OH is 1. The number of rotatable bonds is 8. The van der Waals surface area contributed by atoms with Gasteiger partial charge in [0.15, 0.2) is 23.1 Å². The number of H-pyrrole nitrogens is 1. The maximum Gasteiger partial charge on any atom is 0.338 e. The van der Waals surface area contributed by atoms with Gasteiger partial charge in [-0.2, -0.15) is 5.26 Å². The number of nitriles is 1. The molecular weight excluding hydrogens is 470 g/mol. The highest BCUT2D eigenvalue weighted by Gasteiger charge is 2.17. The van der Waals surface area contributed by atoms with Crippen molar-refractivity contribution in [3.63, 3.8) is 0 Å². The Morgan fingerprint density at radius 2 is 1.89 bits per heavy atom. The number of fused-ring (bicyclic) bond motifs is 1. The minimum absolute atomic E-state index is 0.113. The van der Waals surface area contributed by atoms with Crippen LogP contribution in [-0.2, 0) is 11.3 Å². The van der Waals surface area contributed by atoms with Gasteiger partial charge in [-0.15, -0.1) is 0 Å². The average molecular weight is 490 g/mol. The molecule has 0 aliphatic rings. The van der Waals surface area contributed by atoms with Gasteiger partial charge in [0, 0.05) is 5.02 Å². The van der Waals surface area contributed by atoms with Crippen LogP contribution in [0.15, 0.2) is 72.5 Å².